The van der Waals surface area contributed by atoms with Crippen LogP contribution in [-0.2, 0) is 6.42 Å². The predicted octanol–water partition coefficient (Wildman–Crippen LogP) is 4.88. The molecule has 2 aromatic carbocycles. The average Bonchev–Trinajstić information content (AvgIpc) is 2.42. The Morgan fingerprint density at radius 2 is 1.78 bits per heavy atom. The highest BCUT2D eigenvalue weighted by Crippen LogP contribution is 2.29. The summed E-state index contributed by atoms with van der Waals surface area (Å²) in [6.07, 6.45) is 1.06. The number of hydrogen-bond donors (Lipinski definition) is 0. The number of hydrogen-bond acceptors (Lipinski definition) is 2. The summed E-state index contributed by atoms with van der Waals surface area (Å²) in [6.45, 7) is 2.17. The predicted molar refractivity (Wildman–Crippen MR) is 83.8 cm³/mol. The van der Waals surface area contributed by atoms with E-state index in [2.05, 4.69) is 53.8 Å². The molecular weight excluding hydrogens is 353 g/mol. The maximum atomic E-state index is 8.76. The second-order valence-corrected chi connectivity index (χ2v) is 6.15. The Hall–Kier alpha value is -0.990. The Kier molecular flexibility index (Phi) is 4.67. The van der Waals surface area contributed by atoms with Crippen LogP contribution in [0.25, 0.3) is 0 Å². The van der Waals surface area contributed by atoms with Gasteiger partial charge in [0.25, 0.3) is 0 Å². The van der Waals surface area contributed by atoms with Gasteiger partial charge in [0.15, 0.2) is 0 Å². The fourth-order valence-corrected chi connectivity index (χ4v) is 3.22. The third-order valence-electron chi connectivity index (χ3n) is 2.62. The van der Waals surface area contributed by atoms with Crippen molar-refractivity contribution in [2.45, 2.75) is 23.1 Å². The standard InChI is InChI=1S/C15H12INS/c1-2-12-9-14(7-8-15(12)16)18-13-5-3-11(10-17)4-6-13/h3-9H,2H2,1H3. The van der Waals surface area contributed by atoms with Crippen molar-refractivity contribution in [1.82, 2.24) is 0 Å². The summed E-state index contributed by atoms with van der Waals surface area (Å²) < 4.78 is 1.32. The molecule has 0 saturated carbocycles. The zero-order valence-electron chi connectivity index (χ0n) is 9.98. The minimum absolute atomic E-state index is 0.705. The number of halogens is 1. The maximum Gasteiger partial charge on any atom is 0.0991 e. The van der Waals surface area contributed by atoms with E-state index in [-0.39, 0.29) is 0 Å². The average molecular weight is 365 g/mol. The molecule has 3 heteroatoms. The number of aryl methyl sites for hydroxylation is 1. The molecule has 0 spiro atoms. The molecule has 0 amide bonds. The molecule has 2 rings (SSSR count). The Bertz CT molecular complexity index is 584. The second kappa shape index (κ2) is 6.26. The first kappa shape index (κ1) is 13.4. The summed E-state index contributed by atoms with van der Waals surface area (Å²) in [6, 6.07) is 16.4. The molecule has 0 aliphatic heterocycles. The lowest BCUT2D eigenvalue weighted by Gasteiger charge is -2.06. The Labute approximate surface area is 125 Å². The molecule has 0 atom stereocenters. The molecule has 0 radical (unpaired) electrons. The smallest absolute Gasteiger partial charge is 0.0991 e. The number of benzene rings is 2. The van der Waals surface area contributed by atoms with Crippen LogP contribution in [0.2, 0.25) is 0 Å². The topological polar surface area (TPSA) is 23.8 Å². The molecule has 0 unspecified atom stereocenters. The fourth-order valence-electron chi connectivity index (χ4n) is 1.62. The first-order valence-electron chi connectivity index (χ1n) is 5.69. The zero-order valence-corrected chi connectivity index (χ0v) is 13.0. The van der Waals surface area contributed by atoms with Crippen LogP contribution < -0.4 is 0 Å². The SMILES string of the molecule is CCc1cc(Sc2ccc(C#N)cc2)ccc1I. The van der Waals surface area contributed by atoms with Gasteiger partial charge in [0, 0.05) is 13.4 Å². The molecule has 18 heavy (non-hydrogen) atoms. The summed E-state index contributed by atoms with van der Waals surface area (Å²) in [7, 11) is 0. The Balaban J connectivity index is 2.20. The van der Waals surface area contributed by atoms with Crippen molar-refractivity contribution in [3.8, 4) is 6.07 Å². The first-order chi connectivity index (χ1) is 8.72. The van der Waals surface area contributed by atoms with Crippen LogP contribution in [0.4, 0.5) is 0 Å². The van der Waals surface area contributed by atoms with Gasteiger partial charge in [-0.2, -0.15) is 5.26 Å². The highest BCUT2D eigenvalue weighted by Gasteiger charge is 2.02. The molecule has 0 N–H and O–H groups in total. The van der Waals surface area contributed by atoms with Crippen LogP contribution in [0, 0.1) is 14.9 Å². The molecule has 2 aromatic rings. The van der Waals surface area contributed by atoms with Crippen LogP contribution in [-0.4, -0.2) is 0 Å². The minimum Gasteiger partial charge on any atom is -0.192 e. The third-order valence-corrected chi connectivity index (χ3v) is 4.67. The summed E-state index contributed by atoms with van der Waals surface area (Å²) >= 11 is 4.10. The van der Waals surface area contributed by atoms with Crippen molar-refractivity contribution in [3.05, 3.63) is 57.2 Å². The maximum absolute atomic E-state index is 8.76. The first-order valence-corrected chi connectivity index (χ1v) is 7.59. The van der Waals surface area contributed by atoms with E-state index in [4.69, 9.17) is 5.26 Å². The highest BCUT2D eigenvalue weighted by atomic mass is 127. The van der Waals surface area contributed by atoms with Gasteiger partial charge < -0.3 is 0 Å². The van der Waals surface area contributed by atoms with E-state index >= 15 is 0 Å². The van der Waals surface area contributed by atoms with E-state index in [9.17, 15) is 0 Å². The van der Waals surface area contributed by atoms with Gasteiger partial charge in [-0.05, 0) is 77.0 Å². The molecule has 0 aliphatic rings. The monoisotopic (exact) mass is 365 g/mol. The second-order valence-electron chi connectivity index (χ2n) is 3.85. The summed E-state index contributed by atoms with van der Waals surface area (Å²) in [5, 5.41) is 8.76. The molecule has 0 bridgehead atoms. The third kappa shape index (κ3) is 3.27. The molecule has 1 nitrogen and oxygen atoms in total. The van der Waals surface area contributed by atoms with Crippen molar-refractivity contribution in [2.75, 3.05) is 0 Å². The van der Waals surface area contributed by atoms with Crippen molar-refractivity contribution >= 4 is 34.4 Å². The Morgan fingerprint density at radius 1 is 1.11 bits per heavy atom. The van der Waals surface area contributed by atoms with Crippen LogP contribution in [0.1, 0.15) is 18.1 Å². The van der Waals surface area contributed by atoms with Gasteiger partial charge in [-0.3, -0.25) is 0 Å². The normalized spacial score (nSPS) is 10.1. The minimum atomic E-state index is 0.705. The van der Waals surface area contributed by atoms with Crippen molar-refractivity contribution in [1.29, 1.82) is 5.26 Å². The van der Waals surface area contributed by atoms with Gasteiger partial charge in [0.1, 0.15) is 0 Å². The quantitative estimate of drug-likeness (QED) is 0.724. The van der Waals surface area contributed by atoms with Gasteiger partial charge in [-0.25, -0.2) is 0 Å². The highest BCUT2D eigenvalue weighted by molar-refractivity contribution is 14.1. The lowest BCUT2D eigenvalue weighted by Crippen LogP contribution is -1.86. The molecule has 0 fully saturated rings. The van der Waals surface area contributed by atoms with Crippen LogP contribution in [0.15, 0.2) is 52.3 Å². The van der Waals surface area contributed by atoms with Crippen LogP contribution in [0.5, 0.6) is 0 Å². The zero-order chi connectivity index (χ0) is 13.0. The van der Waals surface area contributed by atoms with E-state index in [1.807, 2.05) is 24.3 Å². The molecule has 0 saturated heterocycles. The fraction of sp³-hybridized carbons (Fsp3) is 0.133. The van der Waals surface area contributed by atoms with Gasteiger partial charge in [0.2, 0.25) is 0 Å². The number of rotatable bonds is 3. The van der Waals surface area contributed by atoms with Gasteiger partial charge in [-0.1, -0.05) is 18.7 Å². The van der Waals surface area contributed by atoms with Gasteiger partial charge in [0.05, 0.1) is 11.6 Å². The van der Waals surface area contributed by atoms with E-state index in [0.29, 0.717) is 5.56 Å². The molecule has 0 aromatic heterocycles. The summed E-state index contributed by atoms with van der Waals surface area (Å²) in [4.78, 5) is 2.41. The van der Waals surface area contributed by atoms with Crippen molar-refractivity contribution in [2.24, 2.45) is 0 Å². The van der Waals surface area contributed by atoms with E-state index in [0.717, 1.165) is 11.3 Å². The number of nitrogens with zero attached hydrogens (tertiary/aromatic N) is 1. The largest absolute Gasteiger partial charge is 0.192 e. The van der Waals surface area contributed by atoms with E-state index in [1.54, 1.807) is 11.8 Å². The van der Waals surface area contributed by atoms with Crippen molar-refractivity contribution in [3.63, 3.8) is 0 Å². The molecule has 0 aliphatic carbocycles. The molecular formula is C15H12INS. The lowest BCUT2D eigenvalue weighted by atomic mass is 10.2. The van der Waals surface area contributed by atoms with E-state index < -0.39 is 0 Å². The summed E-state index contributed by atoms with van der Waals surface area (Å²) in [5.41, 5.74) is 2.09. The molecule has 90 valence electrons. The lowest BCUT2D eigenvalue weighted by molar-refractivity contribution is 1.11. The number of nitriles is 1. The van der Waals surface area contributed by atoms with Crippen LogP contribution in [0.3, 0.4) is 0 Å². The van der Waals surface area contributed by atoms with Gasteiger partial charge >= 0.3 is 0 Å². The van der Waals surface area contributed by atoms with Crippen LogP contribution >= 0.6 is 34.4 Å². The summed E-state index contributed by atoms with van der Waals surface area (Å²) in [5.74, 6) is 0. The Morgan fingerprint density at radius 3 is 2.39 bits per heavy atom. The van der Waals surface area contributed by atoms with Gasteiger partial charge in [-0.15, -0.1) is 0 Å². The van der Waals surface area contributed by atoms with E-state index in [1.165, 1.54) is 14.0 Å². The molecule has 0 heterocycles. The van der Waals surface area contributed by atoms with Crippen molar-refractivity contribution < 1.29 is 0 Å².